The van der Waals surface area contributed by atoms with Gasteiger partial charge in [-0.05, 0) is 45.1 Å². The first-order valence-corrected chi connectivity index (χ1v) is 7.49. The second-order valence-corrected chi connectivity index (χ2v) is 6.22. The van der Waals surface area contributed by atoms with Gasteiger partial charge in [0.05, 0.1) is 18.5 Å². The number of likely N-dealkylation sites (tertiary alicyclic amines) is 1. The molecule has 2 fully saturated rings. The van der Waals surface area contributed by atoms with E-state index in [9.17, 15) is 10.1 Å². The van der Waals surface area contributed by atoms with Crippen molar-refractivity contribution in [3.05, 3.63) is 0 Å². The van der Waals surface area contributed by atoms with E-state index in [-0.39, 0.29) is 17.9 Å². The summed E-state index contributed by atoms with van der Waals surface area (Å²) in [7, 11) is 2.00. The molecule has 1 heterocycles. The van der Waals surface area contributed by atoms with Crippen LogP contribution in [0, 0.1) is 23.2 Å². The second kappa shape index (κ2) is 6.38. The molecule has 1 amide bonds. The summed E-state index contributed by atoms with van der Waals surface area (Å²) in [5, 5.41) is 9.27. The van der Waals surface area contributed by atoms with E-state index in [2.05, 4.69) is 17.9 Å². The van der Waals surface area contributed by atoms with Gasteiger partial charge in [-0.15, -0.1) is 0 Å². The zero-order valence-corrected chi connectivity index (χ0v) is 12.1. The third-order valence-electron chi connectivity index (χ3n) is 4.65. The number of amides is 1. The van der Waals surface area contributed by atoms with Gasteiger partial charge in [0, 0.05) is 19.1 Å². The molecule has 4 nitrogen and oxygen atoms in total. The predicted molar refractivity (Wildman–Crippen MR) is 74.4 cm³/mol. The maximum atomic E-state index is 12.2. The molecular weight excluding hydrogens is 238 g/mol. The van der Waals surface area contributed by atoms with Crippen molar-refractivity contribution >= 4 is 5.91 Å². The van der Waals surface area contributed by atoms with Gasteiger partial charge in [-0.25, -0.2) is 0 Å². The number of nitriles is 1. The Bertz CT molecular complexity index is 357. The molecule has 19 heavy (non-hydrogen) atoms. The first-order chi connectivity index (χ1) is 9.11. The lowest BCUT2D eigenvalue weighted by atomic mass is 9.79. The highest BCUT2D eigenvalue weighted by Crippen LogP contribution is 2.31. The number of hydrogen-bond acceptors (Lipinski definition) is 3. The molecule has 1 saturated carbocycles. The smallest absolute Gasteiger partial charge is 0.236 e. The molecule has 0 aromatic rings. The van der Waals surface area contributed by atoms with E-state index in [4.69, 9.17) is 0 Å². The zero-order valence-electron chi connectivity index (χ0n) is 12.1. The summed E-state index contributed by atoms with van der Waals surface area (Å²) in [6.45, 7) is 4.54. The van der Waals surface area contributed by atoms with E-state index < -0.39 is 0 Å². The maximum Gasteiger partial charge on any atom is 0.236 e. The molecule has 0 bridgehead atoms. The molecule has 3 unspecified atom stereocenters. The normalized spacial score (nSPS) is 31.5. The number of carbonyl (C=O) groups is 1. The van der Waals surface area contributed by atoms with E-state index in [1.54, 1.807) is 0 Å². The molecule has 0 aromatic heterocycles. The summed E-state index contributed by atoms with van der Waals surface area (Å²) in [4.78, 5) is 16.3. The summed E-state index contributed by atoms with van der Waals surface area (Å²) < 4.78 is 0. The fourth-order valence-corrected chi connectivity index (χ4v) is 3.39. The highest BCUT2D eigenvalue weighted by molar-refractivity contribution is 5.78. The average Bonchev–Trinajstić information content (AvgIpc) is 2.92. The molecule has 0 spiro atoms. The Kier molecular flexibility index (Phi) is 4.81. The lowest BCUT2D eigenvalue weighted by Gasteiger charge is -2.37. The van der Waals surface area contributed by atoms with Gasteiger partial charge in [0.2, 0.25) is 5.91 Å². The van der Waals surface area contributed by atoms with Crippen molar-refractivity contribution in [2.24, 2.45) is 11.8 Å². The largest absolute Gasteiger partial charge is 0.342 e. The first kappa shape index (κ1) is 14.3. The molecule has 0 radical (unpaired) electrons. The number of carbonyl (C=O) groups excluding carboxylic acids is 1. The van der Waals surface area contributed by atoms with Gasteiger partial charge in [-0.3, -0.25) is 9.69 Å². The lowest BCUT2D eigenvalue weighted by Crippen LogP contribution is -2.46. The quantitative estimate of drug-likeness (QED) is 0.781. The van der Waals surface area contributed by atoms with Gasteiger partial charge in [0.25, 0.3) is 0 Å². The average molecular weight is 263 g/mol. The van der Waals surface area contributed by atoms with Crippen LogP contribution in [0.3, 0.4) is 0 Å². The molecule has 4 heteroatoms. The van der Waals surface area contributed by atoms with E-state index in [1.165, 1.54) is 0 Å². The monoisotopic (exact) mass is 263 g/mol. The minimum Gasteiger partial charge on any atom is -0.342 e. The number of rotatable bonds is 3. The van der Waals surface area contributed by atoms with Crippen LogP contribution in [0.15, 0.2) is 0 Å². The van der Waals surface area contributed by atoms with Gasteiger partial charge in [-0.1, -0.05) is 6.92 Å². The van der Waals surface area contributed by atoms with Crippen LogP contribution in [0.1, 0.15) is 39.0 Å². The highest BCUT2D eigenvalue weighted by Gasteiger charge is 2.32. The van der Waals surface area contributed by atoms with Crippen LogP contribution in [0.25, 0.3) is 0 Å². The molecule has 2 rings (SSSR count). The molecule has 1 saturated heterocycles. The first-order valence-electron chi connectivity index (χ1n) is 7.49. The van der Waals surface area contributed by atoms with Crippen LogP contribution in [-0.4, -0.2) is 48.4 Å². The molecule has 1 aliphatic carbocycles. The van der Waals surface area contributed by atoms with Crippen molar-refractivity contribution in [2.75, 3.05) is 26.7 Å². The topological polar surface area (TPSA) is 47.3 Å². The molecule has 3 atom stereocenters. The van der Waals surface area contributed by atoms with E-state index in [0.29, 0.717) is 12.5 Å². The fourth-order valence-electron chi connectivity index (χ4n) is 3.39. The maximum absolute atomic E-state index is 12.2. The molecular formula is C15H25N3O. The summed E-state index contributed by atoms with van der Waals surface area (Å²) in [5.74, 6) is 0.987. The SMILES string of the molecule is CC1CCC(C#N)C(N(C)CC(=O)N2CCCC2)C1. The van der Waals surface area contributed by atoms with E-state index in [1.807, 2.05) is 11.9 Å². The summed E-state index contributed by atoms with van der Waals surface area (Å²) >= 11 is 0. The predicted octanol–water partition coefficient (Wildman–Crippen LogP) is 1.87. The van der Waals surface area contributed by atoms with E-state index >= 15 is 0 Å². The summed E-state index contributed by atoms with van der Waals surface area (Å²) in [5.41, 5.74) is 0. The minimum atomic E-state index is 0.0904. The Hall–Kier alpha value is -1.08. The van der Waals surface area contributed by atoms with Crippen LogP contribution < -0.4 is 0 Å². The summed E-state index contributed by atoms with van der Waals surface area (Å²) in [6.07, 6.45) is 5.43. The van der Waals surface area contributed by atoms with Crippen LogP contribution in [-0.2, 0) is 4.79 Å². The Morgan fingerprint density at radius 2 is 2.05 bits per heavy atom. The second-order valence-electron chi connectivity index (χ2n) is 6.22. The molecule has 0 N–H and O–H groups in total. The number of likely N-dealkylation sites (N-methyl/N-ethyl adjacent to an activating group) is 1. The van der Waals surface area contributed by atoms with Crippen LogP contribution in [0.2, 0.25) is 0 Å². The Balaban J connectivity index is 1.91. The van der Waals surface area contributed by atoms with Gasteiger partial charge in [0.15, 0.2) is 0 Å². The Morgan fingerprint density at radius 1 is 1.37 bits per heavy atom. The number of hydrogen-bond donors (Lipinski definition) is 0. The molecule has 0 aromatic carbocycles. The van der Waals surface area contributed by atoms with E-state index in [0.717, 1.165) is 45.2 Å². The van der Waals surface area contributed by atoms with Gasteiger partial charge >= 0.3 is 0 Å². The zero-order chi connectivity index (χ0) is 13.8. The highest BCUT2D eigenvalue weighted by atomic mass is 16.2. The molecule has 1 aliphatic heterocycles. The van der Waals surface area contributed by atoms with Crippen molar-refractivity contribution in [1.29, 1.82) is 5.26 Å². The van der Waals surface area contributed by atoms with Gasteiger partial charge < -0.3 is 4.90 Å². The van der Waals surface area contributed by atoms with Crippen molar-refractivity contribution in [1.82, 2.24) is 9.80 Å². The van der Waals surface area contributed by atoms with Crippen LogP contribution in [0.5, 0.6) is 0 Å². The standard InChI is InChI=1S/C15H25N3O/c1-12-5-6-13(10-16)14(9-12)17(2)11-15(19)18-7-3-4-8-18/h12-14H,3-9,11H2,1-2H3. The van der Waals surface area contributed by atoms with Crippen LogP contribution >= 0.6 is 0 Å². The molecule has 106 valence electrons. The van der Waals surface area contributed by atoms with Crippen molar-refractivity contribution in [3.63, 3.8) is 0 Å². The minimum absolute atomic E-state index is 0.0904. The van der Waals surface area contributed by atoms with Crippen molar-refractivity contribution in [2.45, 2.75) is 45.1 Å². The van der Waals surface area contributed by atoms with Gasteiger partial charge in [-0.2, -0.15) is 5.26 Å². The summed E-state index contributed by atoms with van der Waals surface area (Å²) in [6, 6.07) is 2.68. The van der Waals surface area contributed by atoms with Crippen molar-refractivity contribution < 1.29 is 4.79 Å². The molecule has 2 aliphatic rings. The Labute approximate surface area is 116 Å². The third kappa shape index (κ3) is 3.48. The van der Waals surface area contributed by atoms with Crippen molar-refractivity contribution in [3.8, 4) is 6.07 Å². The third-order valence-corrected chi connectivity index (χ3v) is 4.65. The lowest BCUT2D eigenvalue weighted by molar-refractivity contribution is -0.131. The number of nitrogens with zero attached hydrogens (tertiary/aromatic N) is 3. The van der Waals surface area contributed by atoms with Crippen LogP contribution in [0.4, 0.5) is 0 Å². The van der Waals surface area contributed by atoms with Gasteiger partial charge in [0.1, 0.15) is 0 Å². The Morgan fingerprint density at radius 3 is 2.68 bits per heavy atom. The fraction of sp³-hybridized carbons (Fsp3) is 0.867.